The van der Waals surface area contributed by atoms with Crippen LogP contribution in [0.15, 0.2) is 64.4 Å². The zero-order chi connectivity index (χ0) is 19.3. The van der Waals surface area contributed by atoms with Crippen molar-refractivity contribution in [3.63, 3.8) is 0 Å². The van der Waals surface area contributed by atoms with Crippen molar-refractivity contribution in [3.8, 4) is 34.6 Å². The second-order valence-corrected chi connectivity index (χ2v) is 6.82. The van der Waals surface area contributed by atoms with Crippen molar-refractivity contribution in [1.29, 1.82) is 5.26 Å². The van der Waals surface area contributed by atoms with Crippen molar-refractivity contribution in [2.24, 2.45) is 5.73 Å². The molecule has 138 valence electrons. The Balaban J connectivity index is 1.64. The van der Waals surface area contributed by atoms with Gasteiger partial charge in [0.2, 0.25) is 12.7 Å². The molecule has 28 heavy (non-hydrogen) atoms. The number of ether oxygens (including phenoxy) is 3. The van der Waals surface area contributed by atoms with E-state index in [1.54, 1.807) is 18.2 Å². The number of halogens is 1. The molecule has 0 saturated heterocycles. The Hall–Kier alpha value is -3.56. The molecule has 0 saturated carbocycles. The predicted octanol–water partition coefficient (Wildman–Crippen LogP) is 4.55. The second-order valence-electron chi connectivity index (χ2n) is 6.38. The third kappa shape index (κ3) is 2.56. The van der Waals surface area contributed by atoms with E-state index in [9.17, 15) is 5.26 Å². The van der Waals surface area contributed by atoms with Crippen LogP contribution in [0.2, 0.25) is 5.02 Å². The number of fused-ring (bicyclic) bond motifs is 2. The van der Waals surface area contributed by atoms with E-state index in [1.807, 2.05) is 30.3 Å². The molecule has 0 radical (unpaired) electrons. The van der Waals surface area contributed by atoms with Gasteiger partial charge in [-0.05, 0) is 30.3 Å². The number of nitrogens with zero attached hydrogens (tertiary/aromatic N) is 1. The second kappa shape index (κ2) is 6.25. The molecule has 0 aliphatic carbocycles. The van der Waals surface area contributed by atoms with Crippen molar-refractivity contribution < 1.29 is 18.6 Å². The van der Waals surface area contributed by atoms with Gasteiger partial charge in [-0.1, -0.05) is 23.7 Å². The molecule has 5 rings (SSSR count). The highest BCUT2D eigenvalue weighted by molar-refractivity contribution is 6.30. The summed E-state index contributed by atoms with van der Waals surface area (Å²) >= 11 is 6.09. The average molecular weight is 393 g/mol. The van der Waals surface area contributed by atoms with Crippen molar-refractivity contribution in [2.75, 3.05) is 6.79 Å². The fraction of sp³-hybridized carbons (Fsp3) is 0.0952. The molecule has 2 aliphatic rings. The molecule has 2 aliphatic heterocycles. The van der Waals surface area contributed by atoms with E-state index in [2.05, 4.69) is 6.07 Å². The number of nitrogens with two attached hydrogens (primary N) is 1. The summed E-state index contributed by atoms with van der Waals surface area (Å²) in [6.45, 7) is 0.135. The van der Waals surface area contributed by atoms with E-state index < -0.39 is 5.92 Å². The van der Waals surface area contributed by atoms with Crippen LogP contribution in [-0.4, -0.2) is 6.79 Å². The quantitative estimate of drug-likeness (QED) is 0.688. The molecule has 7 heteroatoms. The lowest BCUT2D eigenvalue weighted by Gasteiger charge is -2.25. The maximum atomic E-state index is 9.69. The molecule has 2 aromatic carbocycles. The molecule has 1 aromatic heterocycles. The summed E-state index contributed by atoms with van der Waals surface area (Å²) in [5.41, 5.74) is 7.86. The fourth-order valence-corrected chi connectivity index (χ4v) is 3.63. The van der Waals surface area contributed by atoms with Crippen LogP contribution in [0.1, 0.15) is 17.2 Å². The monoisotopic (exact) mass is 392 g/mol. The molecule has 0 spiro atoms. The molecular weight excluding hydrogens is 380 g/mol. The van der Waals surface area contributed by atoms with Gasteiger partial charge in [0, 0.05) is 22.2 Å². The van der Waals surface area contributed by atoms with Crippen LogP contribution in [0.3, 0.4) is 0 Å². The first-order chi connectivity index (χ1) is 13.6. The lowest BCUT2D eigenvalue weighted by molar-refractivity contribution is 0.174. The van der Waals surface area contributed by atoms with Crippen LogP contribution in [0, 0.1) is 11.3 Å². The number of allylic oxidation sites excluding steroid dienone is 1. The molecule has 0 unspecified atom stereocenters. The largest absolute Gasteiger partial charge is 0.460 e. The Morgan fingerprint density at radius 3 is 2.64 bits per heavy atom. The first-order valence-electron chi connectivity index (χ1n) is 8.51. The molecule has 0 amide bonds. The minimum Gasteiger partial charge on any atom is -0.460 e. The van der Waals surface area contributed by atoms with Crippen LogP contribution < -0.4 is 19.9 Å². The molecular formula is C21H13ClN2O4. The van der Waals surface area contributed by atoms with Gasteiger partial charge in [-0.15, -0.1) is 0 Å². The number of furan rings is 1. The maximum absolute atomic E-state index is 9.69. The molecule has 1 atom stereocenters. The molecule has 3 aromatic rings. The fourth-order valence-electron chi connectivity index (χ4n) is 3.44. The van der Waals surface area contributed by atoms with E-state index in [-0.39, 0.29) is 18.2 Å². The molecule has 3 heterocycles. The van der Waals surface area contributed by atoms with Gasteiger partial charge in [0.25, 0.3) is 0 Å². The van der Waals surface area contributed by atoms with Gasteiger partial charge >= 0.3 is 0 Å². The number of hydrogen-bond acceptors (Lipinski definition) is 6. The number of benzene rings is 2. The third-order valence-corrected chi connectivity index (χ3v) is 4.97. The molecule has 0 fully saturated rings. The van der Waals surface area contributed by atoms with Gasteiger partial charge in [0.15, 0.2) is 11.5 Å². The Morgan fingerprint density at radius 1 is 1.04 bits per heavy atom. The van der Waals surface area contributed by atoms with E-state index in [1.165, 1.54) is 0 Å². The van der Waals surface area contributed by atoms with E-state index >= 15 is 0 Å². The Kier molecular flexibility index (Phi) is 3.71. The number of hydrogen-bond donors (Lipinski definition) is 1. The minimum absolute atomic E-state index is 0.0413. The topological polar surface area (TPSA) is 90.6 Å². The van der Waals surface area contributed by atoms with Gasteiger partial charge in [-0.25, -0.2) is 0 Å². The van der Waals surface area contributed by atoms with Crippen LogP contribution in [-0.2, 0) is 0 Å². The summed E-state index contributed by atoms with van der Waals surface area (Å²) in [5.74, 6) is 2.40. The van der Waals surface area contributed by atoms with Crippen molar-refractivity contribution in [2.45, 2.75) is 5.92 Å². The van der Waals surface area contributed by atoms with Crippen LogP contribution in [0.25, 0.3) is 11.3 Å². The zero-order valence-corrected chi connectivity index (χ0v) is 15.2. The normalized spacial score (nSPS) is 17.1. The van der Waals surface area contributed by atoms with Gasteiger partial charge in [-0.3, -0.25) is 0 Å². The summed E-state index contributed by atoms with van der Waals surface area (Å²) in [7, 11) is 0. The van der Waals surface area contributed by atoms with Crippen molar-refractivity contribution in [3.05, 3.63) is 76.3 Å². The predicted molar refractivity (Wildman–Crippen MR) is 101 cm³/mol. The SMILES string of the molecule is N#CC1=C(N)Oc2cc3c(cc2[C@H]1c1ccc(-c2cccc(Cl)c2)o1)OCO3. The average Bonchev–Trinajstić information content (AvgIpc) is 3.34. The number of rotatable bonds is 2. The van der Waals surface area contributed by atoms with Gasteiger partial charge in [-0.2, -0.15) is 5.26 Å². The first-order valence-corrected chi connectivity index (χ1v) is 8.88. The van der Waals surface area contributed by atoms with Crippen LogP contribution in [0.5, 0.6) is 17.2 Å². The van der Waals surface area contributed by atoms with Gasteiger partial charge in [0.1, 0.15) is 28.9 Å². The van der Waals surface area contributed by atoms with Gasteiger partial charge in [0.05, 0.1) is 5.92 Å². The summed E-state index contributed by atoms with van der Waals surface area (Å²) in [6, 6.07) is 16.7. The molecule has 0 bridgehead atoms. The highest BCUT2D eigenvalue weighted by Gasteiger charge is 2.35. The zero-order valence-electron chi connectivity index (χ0n) is 14.4. The smallest absolute Gasteiger partial charge is 0.231 e. The van der Waals surface area contributed by atoms with Crippen molar-refractivity contribution in [1.82, 2.24) is 0 Å². The highest BCUT2D eigenvalue weighted by Crippen LogP contribution is 2.48. The molecule has 2 N–H and O–H groups in total. The Morgan fingerprint density at radius 2 is 1.86 bits per heavy atom. The van der Waals surface area contributed by atoms with E-state index in [0.29, 0.717) is 33.8 Å². The minimum atomic E-state index is -0.517. The lowest BCUT2D eigenvalue weighted by Crippen LogP contribution is -2.20. The standard InChI is InChI=1S/C21H13ClN2O4/c22-12-3-1-2-11(6-12)15-4-5-16(27-15)20-13-7-18-19(26-10-25-18)8-17(13)28-21(24)14(20)9-23/h1-8,20H,10,24H2/t20-/m1/s1. The van der Waals surface area contributed by atoms with E-state index in [0.717, 1.165) is 11.1 Å². The third-order valence-electron chi connectivity index (χ3n) is 4.73. The Bertz CT molecular complexity index is 1180. The number of nitriles is 1. The summed E-state index contributed by atoms with van der Waals surface area (Å²) < 4.78 is 22.6. The highest BCUT2D eigenvalue weighted by atomic mass is 35.5. The summed E-state index contributed by atoms with van der Waals surface area (Å²) in [5, 5.41) is 10.3. The summed E-state index contributed by atoms with van der Waals surface area (Å²) in [4.78, 5) is 0. The Labute approximate surface area is 165 Å². The lowest BCUT2D eigenvalue weighted by atomic mass is 9.87. The van der Waals surface area contributed by atoms with Crippen LogP contribution in [0.4, 0.5) is 0 Å². The summed E-state index contributed by atoms with van der Waals surface area (Å²) in [6.07, 6.45) is 0. The first kappa shape index (κ1) is 16.6. The van der Waals surface area contributed by atoms with E-state index in [4.69, 9.17) is 36.0 Å². The van der Waals surface area contributed by atoms with Crippen LogP contribution >= 0.6 is 11.6 Å². The maximum Gasteiger partial charge on any atom is 0.231 e. The molecule has 6 nitrogen and oxygen atoms in total. The van der Waals surface area contributed by atoms with Gasteiger partial charge < -0.3 is 24.4 Å². The van der Waals surface area contributed by atoms with Crippen molar-refractivity contribution >= 4 is 11.6 Å².